The van der Waals surface area contributed by atoms with Gasteiger partial charge in [0.2, 0.25) is 0 Å². The van der Waals surface area contributed by atoms with Crippen molar-refractivity contribution in [2.24, 2.45) is 5.16 Å². The number of nitrogens with zero attached hydrogens (tertiary/aromatic N) is 1. The molecular formula is C5H12ClNO. The van der Waals surface area contributed by atoms with E-state index in [0.29, 0.717) is 0 Å². The average Bonchev–Trinajstić information content (AvgIpc) is 1.69. The molecule has 0 aliphatic heterocycles. The van der Waals surface area contributed by atoms with Gasteiger partial charge in [-0.05, 0) is 12.8 Å². The first kappa shape index (κ1) is 10.7. The van der Waals surface area contributed by atoms with E-state index in [9.17, 15) is 0 Å². The highest BCUT2D eigenvalue weighted by Gasteiger charge is 1.75. The minimum Gasteiger partial charge on any atom is -0.411 e. The summed E-state index contributed by atoms with van der Waals surface area (Å²) in [6.45, 7) is 2.10. The molecule has 2 nitrogen and oxygen atoms in total. The molecule has 0 radical (unpaired) electrons. The SMILES string of the molecule is CCCCC=NO.Cl. The maximum atomic E-state index is 7.86. The quantitative estimate of drug-likeness (QED) is 0.275. The molecule has 0 saturated heterocycles. The third kappa shape index (κ3) is 9.23. The Morgan fingerprint density at radius 3 is 2.62 bits per heavy atom. The van der Waals surface area contributed by atoms with E-state index in [1.165, 1.54) is 6.21 Å². The van der Waals surface area contributed by atoms with Crippen LogP contribution in [0.3, 0.4) is 0 Å². The molecule has 8 heavy (non-hydrogen) atoms. The molecule has 0 unspecified atom stereocenters. The van der Waals surface area contributed by atoms with Gasteiger partial charge in [-0.25, -0.2) is 0 Å². The number of oxime groups is 1. The highest BCUT2D eigenvalue weighted by Crippen LogP contribution is 1.88. The van der Waals surface area contributed by atoms with E-state index in [1.807, 2.05) is 0 Å². The van der Waals surface area contributed by atoms with Crippen LogP contribution in [0.5, 0.6) is 0 Å². The number of unbranched alkanes of at least 4 members (excludes halogenated alkanes) is 2. The van der Waals surface area contributed by atoms with Crippen molar-refractivity contribution in [1.29, 1.82) is 0 Å². The number of halogens is 1. The number of rotatable bonds is 3. The highest BCUT2D eigenvalue weighted by atomic mass is 35.5. The van der Waals surface area contributed by atoms with Gasteiger partial charge in [-0.2, -0.15) is 0 Å². The second kappa shape index (κ2) is 9.90. The van der Waals surface area contributed by atoms with Crippen molar-refractivity contribution in [3.05, 3.63) is 0 Å². The predicted octanol–water partition coefficient (Wildman–Crippen LogP) is 2.06. The van der Waals surface area contributed by atoms with Gasteiger partial charge in [0.1, 0.15) is 0 Å². The summed E-state index contributed by atoms with van der Waals surface area (Å²) in [4.78, 5) is 0. The molecule has 0 aromatic heterocycles. The molecule has 0 fully saturated rings. The van der Waals surface area contributed by atoms with Crippen LogP contribution in [0.1, 0.15) is 26.2 Å². The Morgan fingerprint density at radius 2 is 2.25 bits per heavy atom. The standard InChI is InChI=1S/C5H11NO.ClH/c1-2-3-4-5-6-7;/h5,7H,2-4H2,1H3;1H. The minimum absolute atomic E-state index is 0. The van der Waals surface area contributed by atoms with Crippen LogP contribution in [0.25, 0.3) is 0 Å². The largest absolute Gasteiger partial charge is 0.411 e. The Labute approximate surface area is 56.0 Å². The summed E-state index contributed by atoms with van der Waals surface area (Å²) in [5.41, 5.74) is 0. The summed E-state index contributed by atoms with van der Waals surface area (Å²) in [5, 5.41) is 10.7. The Balaban J connectivity index is 0. The molecule has 50 valence electrons. The lowest BCUT2D eigenvalue weighted by Crippen LogP contribution is -1.72. The van der Waals surface area contributed by atoms with Crippen LogP contribution in [0.4, 0.5) is 0 Å². The van der Waals surface area contributed by atoms with E-state index in [-0.39, 0.29) is 12.4 Å². The zero-order valence-electron chi connectivity index (χ0n) is 5.00. The molecule has 0 bridgehead atoms. The van der Waals surface area contributed by atoms with Gasteiger partial charge in [-0.3, -0.25) is 0 Å². The van der Waals surface area contributed by atoms with Crippen molar-refractivity contribution < 1.29 is 5.21 Å². The Bertz CT molecular complexity index is 56.4. The number of hydrogen-bond acceptors (Lipinski definition) is 2. The van der Waals surface area contributed by atoms with Crippen molar-refractivity contribution in [3.8, 4) is 0 Å². The average molecular weight is 138 g/mol. The lowest BCUT2D eigenvalue weighted by atomic mass is 10.3. The molecule has 0 heterocycles. The predicted molar refractivity (Wildman–Crippen MR) is 37.1 cm³/mol. The van der Waals surface area contributed by atoms with Crippen LogP contribution in [0, 0.1) is 0 Å². The molecule has 0 atom stereocenters. The Hall–Kier alpha value is -0.240. The van der Waals surface area contributed by atoms with Gasteiger partial charge in [0, 0.05) is 6.21 Å². The third-order valence-electron chi connectivity index (χ3n) is 0.768. The van der Waals surface area contributed by atoms with Gasteiger partial charge < -0.3 is 5.21 Å². The molecule has 0 amide bonds. The van der Waals surface area contributed by atoms with Crippen LogP contribution >= 0.6 is 12.4 Å². The van der Waals surface area contributed by atoms with Crippen molar-refractivity contribution >= 4 is 18.6 Å². The van der Waals surface area contributed by atoms with Crippen molar-refractivity contribution in [1.82, 2.24) is 0 Å². The molecule has 3 heteroatoms. The van der Waals surface area contributed by atoms with E-state index in [1.54, 1.807) is 0 Å². The van der Waals surface area contributed by atoms with E-state index < -0.39 is 0 Å². The second-order valence-electron chi connectivity index (χ2n) is 1.44. The van der Waals surface area contributed by atoms with Gasteiger partial charge in [0.05, 0.1) is 0 Å². The zero-order chi connectivity index (χ0) is 5.54. The third-order valence-corrected chi connectivity index (χ3v) is 0.768. The van der Waals surface area contributed by atoms with E-state index in [2.05, 4.69) is 12.1 Å². The summed E-state index contributed by atoms with van der Waals surface area (Å²) in [5.74, 6) is 0. The summed E-state index contributed by atoms with van der Waals surface area (Å²) >= 11 is 0. The number of hydrogen-bond donors (Lipinski definition) is 1. The molecule has 0 aromatic rings. The molecule has 1 N–H and O–H groups in total. The van der Waals surface area contributed by atoms with E-state index in [0.717, 1.165) is 19.3 Å². The first-order valence-corrected chi connectivity index (χ1v) is 2.57. The fourth-order valence-corrected chi connectivity index (χ4v) is 0.353. The lowest BCUT2D eigenvalue weighted by molar-refractivity contribution is 0.320. The van der Waals surface area contributed by atoms with Gasteiger partial charge >= 0.3 is 0 Å². The van der Waals surface area contributed by atoms with Gasteiger partial charge in [-0.15, -0.1) is 17.6 Å². The van der Waals surface area contributed by atoms with Crippen molar-refractivity contribution in [3.63, 3.8) is 0 Å². The van der Waals surface area contributed by atoms with Crippen LogP contribution in [-0.4, -0.2) is 11.4 Å². The van der Waals surface area contributed by atoms with Crippen LogP contribution in [0.15, 0.2) is 5.16 Å². The van der Waals surface area contributed by atoms with Gasteiger partial charge in [0.25, 0.3) is 0 Å². The maximum absolute atomic E-state index is 7.86. The second-order valence-corrected chi connectivity index (χ2v) is 1.44. The normalized spacial score (nSPS) is 9.12. The van der Waals surface area contributed by atoms with Crippen molar-refractivity contribution in [2.45, 2.75) is 26.2 Å². The molecule has 0 aromatic carbocycles. The minimum atomic E-state index is 0. The van der Waals surface area contributed by atoms with E-state index >= 15 is 0 Å². The fraction of sp³-hybridized carbons (Fsp3) is 0.800. The monoisotopic (exact) mass is 137 g/mol. The fourth-order valence-electron chi connectivity index (χ4n) is 0.353. The molecule has 0 aliphatic rings. The van der Waals surface area contributed by atoms with Crippen LogP contribution < -0.4 is 0 Å². The first-order chi connectivity index (χ1) is 3.41. The summed E-state index contributed by atoms with van der Waals surface area (Å²) in [6.07, 6.45) is 4.69. The van der Waals surface area contributed by atoms with E-state index in [4.69, 9.17) is 5.21 Å². The van der Waals surface area contributed by atoms with Crippen molar-refractivity contribution in [2.75, 3.05) is 0 Å². The molecular weight excluding hydrogens is 126 g/mol. The van der Waals surface area contributed by atoms with Crippen LogP contribution in [-0.2, 0) is 0 Å². The first-order valence-electron chi connectivity index (χ1n) is 2.57. The maximum Gasteiger partial charge on any atom is 0.0435 e. The van der Waals surface area contributed by atoms with Gasteiger partial charge in [-0.1, -0.05) is 13.3 Å². The smallest absolute Gasteiger partial charge is 0.0435 e. The lowest BCUT2D eigenvalue weighted by Gasteiger charge is -1.82. The molecule has 0 saturated carbocycles. The highest BCUT2D eigenvalue weighted by molar-refractivity contribution is 5.85. The molecule has 0 aliphatic carbocycles. The summed E-state index contributed by atoms with van der Waals surface area (Å²) in [7, 11) is 0. The molecule has 0 rings (SSSR count). The topological polar surface area (TPSA) is 32.6 Å². The molecule has 0 spiro atoms. The summed E-state index contributed by atoms with van der Waals surface area (Å²) in [6, 6.07) is 0. The van der Waals surface area contributed by atoms with Crippen LogP contribution in [0.2, 0.25) is 0 Å². The summed E-state index contributed by atoms with van der Waals surface area (Å²) < 4.78 is 0. The Morgan fingerprint density at radius 1 is 1.62 bits per heavy atom. The Kier molecular flexibility index (Phi) is 13.2. The van der Waals surface area contributed by atoms with Gasteiger partial charge in [0.15, 0.2) is 0 Å². The zero-order valence-corrected chi connectivity index (χ0v) is 5.82.